The number of carbonyl (C=O) groups excluding carboxylic acids is 3. The van der Waals surface area contributed by atoms with Crippen LogP contribution in [0.15, 0.2) is 71.9 Å². The molecule has 0 bridgehead atoms. The van der Waals surface area contributed by atoms with E-state index in [0.29, 0.717) is 5.56 Å². The van der Waals surface area contributed by atoms with E-state index in [1.165, 1.54) is 24.3 Å². The number of hydrogen-bond acceptors (Lipinski definition) is 6. The second-order valence-corrected chi connectivity index (χ2v) is 6.91. The molecule has 0 aromatic heterocycles. The van der Waals surface area contributed by atoms with Crippen LogP contribution in [0.1, 0.15) is 24.1 Å². The third kappa shape index (κ3) is 6.41. The molecule has 1 unspecified atom stereocenters. The zero-order valence-electron chi connectivity index (χ0n) is 18.1. The van der Waals surface area contributed by atoms with E-state index in [1.807, 2.05) is 0 Å². The molecule has 1 atom stereocenters. The summed E-state index contributed by atoms with van der Waals surface area (Å²) in [5.74, 6) is -1.61. The second kappa shape index (κ2) is 11.6. The maximum absolute atomic E-state index is 12.7. The number of urea groups is 1. The van der Waals surface area contributed by atoms with Crippen LogP contribution >= 0.6 is 0 Å². The Bertz CT molecular complexity index is 1100. The molecule has 10 heteroatoms. The molecule has 1 heterocycles. The number of alkyl halides is 2. The summed E-state index contributed by atoms with van der Waals surface area (Å²) in [5.41, 5.74) is 1.05. The average molecular weight is 472 g/mol. The maximum atomic E-state index is 12.7. The fraction of sp³-hybridized carbons (Fsp3) is 0.208. The van der Waals surface area contributed by atoms with Crippen molar-refractivity contribution in [3.05, 3.63) is 83.1 Å². The van der Waals surface area contributed by atoms with Crippen molar-refractivity contribution >= 4 is 24.0 Å². The van der Waals surface area contributed by atoms with Crippen molar-refractivity contribution < 1.29 is 37.4 Å². The van der Waals surface area contributed by atoms with Crippen molar-refractivity contribution in [2.24, 2.45) is 0 Å². The molecule has 34 heavy (non-hydrogen) atoms. The predicted molar refractivity (Wildman–Crippen MR) is 118 cm³/mol. The summed E-state index contributed by atoms with van der Waals surface area (Å²) in [6.45, 7) is -1.70. The van der Waals surface area contributed by atoms with Gasteiger partial charge in [-0.15, -0.1) is 0 Å². The van der Waals surface area contributed by atoms with Crippen molar-refractivity contribution in [3.8, 4) is 5.75 Å². The molecule has 0 fully saturated rings. The Hall–Kier alpha value is -4.21. The summed E-state index contributed by atoms with van der Waals surface area (Å²) in [7, 11) is 0. The van der Waals surface area contributed by atoms with Gasteiger partial charge in [-0.05, 0) is 24.6 Å². The second-order valence-electron chi connectivity index (χ2n) is 6.91. The summed E-state index contributed by atoms with van der Waals surface area (Å²) in [4.78, 5) is 37.2. The zero-order chi connectivity index (χ0) is 24.5. The largest absolute Gasteiger partial charge is 0.463 e. The number of carbonyl (C=O) groups is 3. The van der Waals surface area contributed by atoms with E-state index in [1.54, 1.807) is 43.3 Å². The van der Waals surface area contributed by atoms with Crippen LogP contribution in [-0.4, -0.2) is 37.8 Å². The fourth-order valence-electron chi connectivity index (χ4n) is 3.25. The van der Waals surface area contributed by atoms with Gasteiger partial charge >= 0.3 is 24.6 Å². The van der Waals surface area contributed by atoms with E-state index in [2.05, 4.69) is 15.4 Å². The molecular formula is C24H22F2N2O6. The molecule has 8 nitrogen and oxygen atoms in total. The first kappa shape index (κ1) is 24.4. The first-order chi connectivity index (χ1) is 16.4. The van der Waals surface area contributed by atoms with Crippen molar-refractivity contribution in [2.75, 3.05) is 13.2 Å². The molecule has 2 amide bonds. The number of esters is 2. The van der Waals surface area contributed by atoms with Gasteiger partial charge in [0.25, 0.3) is 0 Å². The smallest absolute Gasteiger partial charge is 0.387 e. The topological polar surface area (TPSA) is 103 Å². The van der Waals surface area contributed by atoms with Crippen molar-refractivity contribution in [1.29, 1.82) is 0 Å². The van der Waals surface area contributed by atoms with E-state index in [0.717, 1.165) is 6.08 Å². The molecule has 0 saturated carbocycles. The van der Waals surface area contributed by atoms with Gasteiger partial charge in [0, 0.05) is 11.6 Å². The standard InChI is InChI=1S/C24H22F2N2O6/c1-2-32-22(30)20-17(27-24(31)28-21(20)16-9-4-3-5-10-16)14-33-19(29)13-12-15-8-6-7-11-18(15)34-23(25)26/h3-13,21,23H,2,14H2,1H3,(H2,27,28,31). The first-order valence-corrected chi connectivity index (χ1v) is 10.3. The molecule has 2 N–H and O–H groups in total. The molecule has 0 radical (unpaired) electrons. The van der Waals surface area contributed by atoms with Gasteiger partial charge in [-0.1, -0.05) is 48.5 Å². The van der Waals surface area contributed by atoms with E-state index in [4.69, 9.17) is 9.47 Å². The number of amides is 2. The highest BCUT2D eigenvalue weighted by molar-refractivity contribution is 5.95. The van der Waals surface area contributed by atoms with Gasteiger partial charge in [-0.3, -0.25) is 0 Å². The molecule has 3 rings (SSSR count). The third-order valence-corrected chi connectivity index (χ3v) is 4.67. The number of benzene rings is 2. The van der Waals surface area contributed by atoms with Crippen LogP contribution in [0.2, 0.25) is 0 Å². The summed E-state index contributed by atoms with van der Waals surface area (Å²) in [6, 6.07) is 13.3. The molecule has 0 spiro atoms. The molecule has 1 aliphatic heterocycles. The van der Waals surface area contributed by atoms with Gasteiger partial charge in [0.2, 0.25) is 0 Å². The zero-order valence-corrected chi connectivity index (χ0v) is 18.1. The summed E-state index contributed by atoms with van der Waals surface area (Å²) >= 11 is 0. The molecular weight excluding hydrogens is 450 g/mol. The van der Waals surface area contributed by atoms with Gasteiger partial charge in [0.05, 0.1) is 23.9 Å². The fourth-order valence-corrected chi connectivity index (χ4v) is 3.25. The predicted octanol–water partition coefficient (Wildman–Crippen LogP) is 3.72. The van der Waals surface area contributed by atoms with E-state index >= 15 is 0 Å². The molecule has 1 aliphatic rings. The number of rotatable bonds is 9. The quantitative estimate of drug-likeness (QED) is 0.426. The number of halogens is 2. The SMILES string of the molecule is CCOC(=O)C1=C(COC(=O)C=Cc2ccccc2OC(F)F)NC(=O)NC1c1ccccc1. The Morgan fingerprint density at radius 3 is 2.47 bits per heavy atom. The lowest BCUT2D eigenvalue weighted by atomic mass is 9.95. The highest BCUT2D eigenvalue weighted by Crippen LogP contribution is 2.28. The minimum atomic E-state index is -3.02. The Labute approximate surface area is 194 Å². The van der Waals surface area contributed by atoms with Gasteiger partial charge in [0.1, 0.15) is 12.4 Å². The molecule has 0 saturated heterocycles. The van der Waals surface area contributed by atoms with Gasteiger partial charge in [-0.2, -0.15) is 8.78 Å². The minimum Gasteiger partial charge on any atom is -0.463 e. The van der Waals surface area contributed by atoms with E-state index < -0.39 is 37.2 Å². The Kier molecular flexibility index (Phi) is 8.33. The van der Waals surface area contributed by atoms with Crippen molar-refractivity contribution in [1.82, 2.24) is 10.6 Å². The van der Waals surface area contributed by atoms with Crippen LogP contribution in [0.3, 0.4) is 0 Å². The monoisotopic (exact) mass is 472 g/mol. The van der Waals surface area contributed by atoms with Gasteiger partial charge in [0.15, 0.2) is 0 Å². The minimum absolute atomic E-state index is 0.0687. The number of ether oxygens (including phenoxy) is 3. The number of hydrogen-bond donors (Lipinski definition) is 2. The lowest BCUT2D eigenvalue weighted by Crippen LogP contribution is -2.47. The Morgan fingerprint density at radius 2 is 1.76 bits per heavy atom. The van der Waals surface area contributed by atoms with Crippen LogP contribution in [-0.2, 0) is 19.1 Å². The highest BCUT2D eigenvalue weighted by atomic mass is 19.3. The molecule has 2 aromatic rings. The molecule has 178 valence electrons. The lowest BCUT2D eigenvalue weighted by molar-refractivity contribution is -0.140. The number of nitrogens with one attached hydrogen (secondary N) is 2. The Balaban J connectivity index is 1.80. The normalized spacial score (nSPS) is 15.6. The van der Waals surface area contributed by atoms with Gasteiger partial charge in [-0.25, -0.2) is 14.4 Å². The van der Waals surface area contributed by atoms with E-state index in [9.17, 15) is 23.2 Å². The van der Waals surface area contributed by atoms with Crippen LogP contribution in [0.4, 0.5) is 13.6 Å². The van der Waals surface area contributed by atoms with Crippen LogP contribution in [0, 0.1) is 0 Å². The van der Waals surface area contributed by atoms with Gasteiger partial charge < -0.3 is 24.8 Å². The van der Waals surface area contributed by atoms with Crippen molar-refractivity contribution in [3.63, 3.8) is 0 Å². The number of para-hydroxylation sites is 1. The van der Waals surface area contributed by atoms with E-state index in [-0.39, 0.29) is 29.2 Å². The summed E-state index contributed by atoms with van der Waals surface area (Å²) in [6.07, 6.45) is 2.28. The maximum Gasteiger partial charge on any atom is 0.387 e. The van der Waals surface area contributed by atoms with Crippen LogP contribution in [0.25, 0.3) is 6.08 Å². The van der Waals surface area contributed by atoms with Crippen LogP contribution in [0.5, 0.6) is 5.75 Å². The summed E-state index contributed by atoms with van der Waals surface area (Å²) < 4.78 is 39.8. The third-order valence-electron chi connectivity index (χ3n) is 4.67. The summed E-state index contributed by atoms with van der Waals surface area (Å²) in [5, 5.41) is 5.16. The average Bonchev–Trinajstić information content (AvgIpc) is 2.82. The highest BCUT2D eigenvalue weighted by Gasteiger charge is 2.34. The Morgan fingerprint density at radius 1 is 1.06 bits per heavy atom. The first-order valence-electron chi connectivity index (χ1n) is 10.3. The van der Waals surface area contributed by atoms with Crippen molar-refractivity contribution in [2.45, 2.75) is 19.6 Å². The molecule has 2 aromatic carbocycles. The lowest BCUT2D eigenvalue weighted by Gasteiger charge is -2.29. The van der Waals surface area contributed by atoms with Crippen LogP contribution < -0.4 is 15.4 Å². The molecule has 0 aliphatic carbocycles.